The van der Waals surface area contributed by atoms with E-state index in [-0.39, 0.29) is 23.7 Å². The van der Waals surface area contributed by atoms with Crippen LogP contribution in [0.2, 0.25) is 0 Å². The van der Waals surface area contributed by atoms with Crippen LogP contribution in [0.15, 0.2) is 24.3 Å². The van der Waals surface area contributed by atoms with Gasteiger partial charge in [0.25, 0.3) is 0 Å². The van der Waals surface area contributed by atoms with Crippen molar-refractivity contribution in [2.45, 2.75) is 25.3 Å². The zero-order valence-corrected chi connectivity index (χ0v) is 14.6. The van der Waals surface area contributed by atoms with Crippen LogP contribution in [-0.4, -0.2) is 56.0 Å². The van der Waals surface area contributed by atoms with Gasteiger partial charge in [0.2, 0.25) is 11.8 Å². The molecule has 2 aliphatic carbocycles. The third-order valence-corrected chi connectivity index (χ3v) is 5.40. The number of hydrogen-bond acceptors (Lipinski definition) is 4. The molecule has 1 heterocycles. The lowest BCUT2D eigenvalue weighted by Crippen LogP contribution is -2.49. The Hall–Kier alpha value is -2.24. The molecule has 3 aliphatic rings. The van der Waals surface area contributed by atoms with Crippen LogP contribution in [0.1, 0.15) is 19.3 Å². The van der Waals surface area contributed by atoms with Crippen molar-refractivity contribution < 1.29 is 14.3 Å². The summed E-state index contributed by atoms with van der Waals surface area (Å²) in [6.45, 7) is 3.09. The second kappa shape index (κ2) is 6.58. The van der Waals surface area contributed by atoms with Gasteiger partial charge in [-0.15, -0.1) is 0 Å². The fraction of sp³-hybridized carbons (Fsp3) is 0.579. The van der Waals surface area contributed by atoms with E-state index in [1.54, 1.807) is 7.11 Å². The maximum Gasteiger partial charge on any atom is 0.226 e. The highest BCUT2D eigenvalue weighted by atomic mass is 16.5. The normalized spacial score (nSPS) is 25.5. The first-order valence-electron chi connectivity index (χ1n) is 9.14. The molecule has 2 amide bonds. The number of amides is 2. The van der Waals surface area contributed by atoms with Crippen LogP contribution >= 0.6 is 0 Å². The van der Waals surface area contributed by atoms with Gasteiger partial charge in [-0.3, -0.25) is 9.59 Å². The smallest absolute Gasteiger partial charge is 0.226 e. The maximum absolute atomic E-state index is 12.6. The average Bonchev–Trinajstić information content (AvgIpc) is 3.55. The molecule has 1 aromatic rings. The average molecular weight is 343 g/mol. The van der Waals surface area contributed by atoms with Crippen molar-refractivity contribution in [3.63, 3.8) is 0 Å². The number of hydrogen-bond donors (Lipinski definition) is 1. The van der Waals surface area contributed by atoms with Gasteiger partial charge in [-0.05, 0) is 43.5 Å². The Kier molecular flexibility index (Phi) is 4.27. The summed E-state index contributed by atoms with van der Waals surface area (Å²) in [6.07, 6.45) is 2.89. The molecule has 134 valence electrons. The minimum absolute atomic E-state index is 0.0812. The molecular weight excluding hydrogens is 318 g/mol. The number of benzene rings is 1. The molecule has 0 aromatic heterocycles. The first-order valence-corrected chi connectivity index (χ1v) is 9.14. The highest BCUT2D eigenvalue weighted by molar-refractivity contribution is 5.92. The predicted molar refractivity (Wildman–Crippen MR) is 94.5 cm³/mol. The number of carbonyl (C=O) groups excluding carboxylic acids is 2. The summed E-state index contributed by atoms with van der Waals surface area (Å²) in [4.78, 5) is 28.9. The van der Waals surface area contributed by atoms with E-state index in [0.29, 0.717) is 6.04 Å². The molecule has 1 aromatic carbocycles. The minimum Gasteiger partial charge on any atom is -0.497 e. The molecule has 2 unspecified atom stereocenters. The number of nitrogens with one attached hydrogen (secondary N) is 1. The first kappa shape index (κ1) is 16.2. The molecule has 1 saturated heterocycles. The van der Waals surface area contributed by atoms with Crippen molar-refractivity contribution in [1.29, 1.82) is 0 Å². The SMILES string of the molecule is COc1ccc(N2CCN(C(=O)C3CC3C(=O)NC3CC3)CC2)cc1. The first-order chi connectivity index (χ1) is 12.2. The van der Waals surface area contributed by atoms with E-state index >= 15 is 0 Å². The van der Waals surface area contributed by atoms with Gasteiger partial charge in [0.1, 0.15) is 5.75 Å². The van der Waals surface area contributed by atoms with Gasteiger partial charge >= 0.3 is 0 Å². The lowest BCUT2D eigenvalue weighted by atomic mass is 10.2. The predicted octanol–water partition coefficient (Wildman–Crippen LogP) is 1.26. The van der Waals surface area contributed by atoms with E-state index in [2.05, 4.69) is 22.3 Å². The van der Waals surface area contributed by atoms with E-state index in [4.69, 9.17) is 4.74 Å². The van der Waals surface area contributed by atoms with Crippen molar-refractivity contribution in [1.82, 2.24) is 10.2 Å². The van der Waals surface area contributed by atoms with Gasteiger partial charge in [-0.2, -0.15) is 0 Å². The van der Waals surface area contributed by atoms with Crippen LogP contribution in [0, 0.1) is 11.8 Å². The highest BCUT2D eigenvalue weighted by Crippen LogP contribution is 2.41. The lowest BCUT2D eigenvalue weighted by Gasteiger charge is -2.36. The molecule has 6 nitrogen and oxygen atoms in total. The Bertz CT molecular complexity index is 648. The number of methoxy groups -OCH3 is 1. The minimum atomic E-state index is -0.0914. The van der Waals surface area contributed by atoms with Gasteiger partial charge in [0.05, 0.1) is 18.9 Å². The summed E-state index contributed by atoms with van der Waals surface area (Å²) < 4.78 is 5.19. The summed E-state index contributed by atoms with van der Waals surface area (Å²) in [6, 6.07) is 8.39. The standard InChI is InChI=1S/C19H25N3O3/c1-25-15-6-4-14(5-7-15)21-8-10-22(11-9-21)19(24)17-12-16(17)18(23)20-13-2-3-13/h4-7,13,16-17H,2-3,8-12H2,1H3,(H,20,23). The van der Waals surface area contributed by atoms with Gasteiger partial charge in [-0.25, -0.2) is 0 Å². The van der Waals surface area contributed by atoms with Crippen LogP contribution in [0.3, 0.4) is 0 Å². The Balaban J connectivity index is 1.26. The van der Waals surface area contributed by atoms with Crippen LogP contribution in [0.4, 0.5) is 5.69 Å². The summed E-state index contributed by atoms with van der Waals surface area (Å²) in [7, 11) is 1.66. The number of carbonyl (C=O) groups is 2. The van der Waals surface area contributed by atoms with Gasteiger partial charge in [-0.1, -0.05) is 0 Å². The molecule has 2 atom stereocenters. The number of nitrogens with zero attached hydrogens (tertiary/aromatic N) is 2. The Morgan fingerprint density at radius 1 is 1.04 bits per heavy atom. The van der Waals surface area contributed by atoms with Crippen LogP contribution < -0.4 is 15.0 Å². The summed E-state index contributed by atoms with van der Waals surface area (Å²) >= 11 is 0. The molecule has 4 rings (SSSR count). The van der Waals surface area contributed by atoms with Crippen molar-refractivity contribution in [2.24, 2.45) is 11.8 Å². The molecular formula is C19H25N3O3. The molecule has 2 saturated carbocycles. The van der Waals surface area contributed by atoms with E-state index in [9.17, 15) is 9.59 Å². The number of rotatable bonds is 5. The van der Waals surface area contributed by atoms with Crippen molar-refractivity contribution in [3.05, 3.63) is 24.3 Å². The Labute approximate surface area is 148 Å². The largest absolute Gasteiger partial charge is 0.497 e. The Morgan fingerprint density at radius 3 is 2.32 bits per heavy atom. The van der Waals surface area contributed by atoms with Crippen LogP contribution in [0.25, 0.3) is 0 Å². The molecule has 1 N–H and O–H groups in total. The number of piperazine rings is 1. The monoisotopic (exact) mass is 343 g/mol. The van der Waals surface area contributed by atoms with Crippen molar-refractivity contribution in [3.8, 4) is 5.75 Å². The maximum atomic E-state index is 12.6. The van der Waals surface area contributed by atoms with E-state index in [0.717, 1.165) is 56.9 Å². The molecule has 3 fully saturated rings. The summed E-state index contributed by atoms with van der Waals surface area (Å²) in [5.41, 5.74) is 1.15. The van der Waals surface area contributed by atoms with E-state index in [1.807, 2.05) is 17.0 Å². The zero-order valence-electron chi connectivity index (χ0n) is 14.6. The van der Waals surface area contributed by atoms with E-state index in [1.165, 1.54) is 0 Å². The fourth-order valence-corrected chi connectivity index (χ4v) is 3.51. The lowest BCUT2D eigenvalue weighted by molar-refractivity contribution is -0.135. The molecule has 0 spiro atoms. The number of anilines is 1. The third kappa shape index (κ3) is 3.57. The summed E-state index contributed by atoms with van der Waals surface area (Å²) in [5.74, 6) is 0.906. The topological polar surface area (TPSA) is 61.9 Å². The third-order valence-electron chi connectivity index (χ3n) is 5.40. The van der Waals surface area contributed by atoms with Gasteiger partial charge in [0, 0.05) is 37.9 Å². The van der Waals surface area contributed by atoms with Crippen molar-refractivity contribution >= 4 is 17.5 Å². The second-order valence-electron chi connectivity index (χ2n) is 7.24. The van der Waals surface area contributed by atoms with Crippen LogP contribution in [0.5, 0.6) is 5.75 Å². The highest BCUT2D eigenvalue weighted by Gasteiger charge is 2.50. The summed E-state index contributed by atoms with van der Waals surface area (Å²) in [5, 5.41) is 3.01. The molecule has 1 aliphatic heterocycles. The molecule has 25 heavy (non-hydrogen) atoms. The molecule has 0 radical (unpaired) electrons. The van der Waals surface area contributed by atoms with Gasteiger partial charge < -0.3 is 19.9 Å². The van der Waals surface area contributed by atoms with Crippen molar-refractivity contribution in [2.75, 3.05) is 38.2 Å². The number of ether oxygens (including phenoxy) is 1. The quantitative estimate of drug-likeness (QED) is 0.874. The Morgan fingerprint density at radius 2 is 1.72 bits per heavy atom. The molecule has 0 bridgehead atoms. The van der Waals surface area contributed by atoms with Gasteiger partial charge in [0.15, 0.2) is 0 Å². The zero-order chi connectivity index (χ0) is 17.4. The fourth-order valence-electron chi connectivity index (χ4n) is 3.51. The second-order valence-corrected chi connectivity index (χ2v) is 7.24. The van der Waals surface area contributed by atoms with E-state index < -0.39 is 0 Å². The molecule has 6 heteroatoms. The van der Waals surface area contributed by atoms with Crippen LogP contribution in [-0.2, 0) is 9.59 Å².